The average Bonchev–Trinajstić information content (AvgIpc) is 2.91. The van der Waals surface area contributed by atoms with E-state index in [1.165, 1.54) is 0 Å². The Morgan fingerprint density at radius 1 is 1.40 bits per heavy atom. The summed E-state index contributed by atoms with van der Waals surface area (Å²) in [6.45, 7) is 7.47. The van der Waals surface area contributed by atoms with Crippen LogP contribution < -0.4 is 5.73 Å². The highest BCUT2D eigenvalue weighted by atomic mass is 35.5. The van der Waals surface area contributed by atoms with Gasteiger partial charge in [-0.15, -0.1) is 12.4 Å². The molecule has 1 aliphatic rings. The van der Waals surface area contributed by atoms with Crippen molar-refractivity contribution in [1.82, 2.24) is 14.7 Å². The lowest BCUT2D eigenvalue weighted by atomic mass is 9.79. The molecule has 0 bridgehead atoms. The van der Waals surface area contributed by atoms with Gasteiger partial charge in [-0.05, 0) is 37.0 Å². The summed E-state index contributed by atoms with van der Waals surface area (Å²) in [6, 6.07) is 7.56. The number of nitrogens with zero attached hydrogens (tertiary/aromatic N) is 3. The first-order chi connectivity index (χ1) is 11.3. The Hall–Kier alpha value is -1.56. The molecular weight excluding hydrogens is 359 g/mol. The van der Waals surface area contributed by atoms with Gasteiger partial charge in [0.05, 0.1) is 23.1 Å². The van der Waals surface area contributed by atoms with Crippen molar-refractivity contribution in [2.45, 2.75) is 33.2 Å². The van der Waals surface area contributed by atoms with Crippen molar-refractivity contribution in [3.63, 3.8) is 0 Å². The van der Waals surface area contributed by atoms with E-state index in [1.807, 2.05) is 36.1 Å². The lowest BCUT2D eigenvalue weighted by molar-refractivity contribution is 0.0532. The maximum atomic E-state index is 12.9. The number of hydrogen-bond acceptors (Lipinski definition) is 3. The summed E-state index contributed by atoms with van der Waals surface area (Å²) in [5.74, 6) is 0.0146. The summed E-state index contributed by atoms with van der Waals surface area (Å²) in [7, 11) is 0. The van der Waals surface area contributed by atoms with E-state index < -0.39 is 0 Å². The number of likely N-dealkylation sites (tertiary alicyclic amines) is 1. The number of benzene rings is 1. The minimum absolute atomic E-state index is 0. The van der Waals surface area contributed by atoms with Crippen molar-refractivity contribution >= 4 is 29.9 Å². The number of amides is 1. The molecular formula is C18H24Cl2N4O. The van der Waals surface area contributed by atoms with Gasteiger partial charge in [0.1, 0.15) is 0 Å². The van der Waals surface area contributed by atoms with Gasteiger partial charge < -0.3 is 10.6 Å². The van der Waals surface area contributed by atoms with Crippen LogP contribution in [0.5, 0.6) is 0 Å². The van der Waals surface area contributed by atoms with Crippen LogP contribution in [0.15, 0.2) is 30.5 Å². The standard InChI is InChI=1S/C18H23ClN4O.ClH/c1-12-15(10-21-23(12)14-6-4-5-13(19)9-14)17(24)22-8-7-16(20)18(2,3)11-22;/h4-6,9-10,16H,7-8,11,20H2,1-3H3;1H. The van der Waals surface area contributed by atoms with Crippen LogP contribution in [-0.2, 0) is 0 Å². The van der Waals surface area contributed by atoms with Crippen LogP contribution in [0.25, 0.3) is 5.69 Å². The molecule has 2 N–H and O–H groups in total. The fourth-order valence-electron chi connectivity index (χ4n) is 3.21. The van der Waals surface area contributed by atoms with Gasteiger partial charge in [0.15, 0.2) is 0 Å². The maximum Gasteiger partial charge on any atom is 0.257 e. The van der Waals surface area contributed by atoms with Crippen LogP contribution in [0.3, 0.4) is 0 Å². The summed E-state index contributed by atoms with van der Waals surface area (Å²) in [4.78, 5) is 14.8. The molecule has 1 fully saturated rings. The number of hydrogen-bond donors (Lipinski definition) is 1. The molecule has 136 valence electrons. The predicted octanol–water partition coefficient (Wildman–Crippen LogP) is 3.46. The summed E-state index contributed by atoms with van der Waals surface area (Å²) < 4.78 is 1.75. The number of rotatable bonds is 2. The van der Waals surface area contributed by atoms with Crippen molar-refractivity contribution in [2.24, 2.45) is 11.1 Å². The Morgan fingerprint density at radius 3 is 2.76 bits per heavy atom. The van der Waals surface area contributed by atoms with Gasteiger partial charge in [0, 0.05) is 24.2 Å². The van der Waals surface area contributed by atoms with Crippen LogP contribution in [0.2, 0.25) is 5.02 Å². The highest BCUT2D eigenvalue weighted by Crippen LogP contribution is 2.29. The fourth-order valence-corrected chi connectivity index (χ4v) is 3.39. The number of carbonyl (C=O) groups excluding carboxylic acids is 1. The van der Waals surface area contributed by atoms with Crippen molar-refractivity contribution in [1.29, 1.82) is 0 Å². The van der Waals surface area contributed by atoms with E-state index in [0.717, 1.165) is 17.8 Å². The van der Waals surface area contributed by atoms with Crippen LogP contribution in [0.4, 0.5) is 0 Å². The third-order valence-electron chi connectivity index (χ3n) is 4.89. The number of halogens is 2. The molecule has 0 aliphatic carbocycles. The maximum absolute atomic E-state index is 12.9. The van der Waals surface area contributed by atoms with Crippen molar-refractivity contribution in [2.75, 3.05) is 13.1 Å². The molecule has 1 amide bonds. The number of carbonyl (C=O) groups is 1. The Morgan fingerprint density at radius 2 is 2.12 bits per heavy atom. The smallest absolute Gasteiger partial charge is 0.257 e. The molecule has 1 aliphatic heterocycles. The molecule has 1 aromatic carbocycles. The molecule has 0 spiro atoms. The molecule has 1 atom stereocenters. The average molecular weight is 383 g/mol. The third kappa shape index (κ3) is 3.84. The van der Waals surface area contributed by atoms with Crippen LogP contribution in [0.1, 0.15) is 36.3 Å². The zero-order valence-electron chi connectivity index (χ0n) is 14.7. The lowest BCUT2D eigenvalue weighted by Crippen LogP contribution is -2.54. The number of nitrogens with two attached hydrogens (primary N) is 1. The predicted molar refractivity (Wildman–Crippen MR) is 103 cm³/mol. The molecule has 2 aromatic rings. The Bertz CT molecular complexity index is 772. The monoisotopic (exact) mass is 382 g/mol. The first-order valence-electron chi connectivity index (χ1n) is 8.15. The molecule has 1 aromatic heterocycles. The van der Waals surface area contributed by atoms with E-state index >= 15 is 0 Å². The minimum atomic E-state index is -0.0786. The number of piperidine rings is 1. The van der Waals surface area contributed by atoms with E-state index in [4.69, 9.17) is 17.3 Å². The van der Waals surface area contributed by atoms with Gasteiger partial charge in [-0.25, -0.2) is 4.68 Å². The van der Waals surface area contributed by atoms with Gasteiger partial charge in [0.2, 0.25) is 0 Å². The second-order valence-corrected chi connectivity index (χ2v) is 7.58. The van der Waals surface area contributed by atoms with E-state index in [9.17, 15) is 4.79 Å². The van der Waals surface area contributed by atoms with Crippen molar-refractivity contribution in [3.8, 4) is 5.69 Å². The highest BCUT2D eigenvalue weighted by molar-refractivity contribution is 6.30. The Balaban J connectivity index is 0.00000225. The second kappa shape index (κ2) is 7.36. The van der Waals surface area contributed by atoms with Crippen LogP contribution >= 0.6 is 24.0 Å². The van der Waals surface area contributed by atoms with Crippen LogP contribution in [0, 0.1) is 12.3 Å². The van der Waals surface area contributed by atoms with Gasteiger partial charge >= 0.3 is 0 Å². The molecule has 0 radical (unpaired) electrons. The van der Waals surface area contributed by atoms with E-state index in [-0.39, 0.29) is 29.8 Å². The molecule has 1 saturated heterocycles. The lowest BCUT2D eigenvalue weighted by Gasteiger charge is -2.42. The SMILES string of the molecule is Cc1c(C(=O)N2CCC(N)C(C)(C)C2)cnn1-c1cccc(Cl)c1.Cl. The van der Waals surface area contributed by atoms with E-state index in [2.05, 4.69) is 18.9 Å². The molecule has 1 unspecified atom stereocenters. The van der Waals surface area contributed by atoms with Gasteiger partial charge in [0.25, 0.3) is 5.91 Å². The molecule has 2 heterocycles. The summed E-state index contributed by atoms with van der Waals surface area (Å²) in [5.41, 5.74) is 8.38. The fraction of sp³-hybridized carbons (Fsp3) is 0.444. The normalized spacial score (nSPS) is 19.4. The highest BCUT2D eigenvalue weighted by Gasteiger charge is 2.36. The largest absolute Gasteiger partial charge is 0.338 e. The van der Waals surface area contributed by atoms with E-state index in [1.54, 1.807) is 10.9 Å². The minimum Gasteiger partial charge on any atom is -0.338 e. The number of aromatic nitrogens is 2. The van der Waals surface area contributed by atoms with Gasteiger partial charge in [-0.2, -0.15) is 5.10 Å². The first-order valence-corrected chi connectivity index (χ1v) is 8.53. The topological polar surface area (TPSA) is 64.2 Å². The summed E-state index contributed by atoms with van der Waals surface area (Å²) >= 11 is 6.06. The summed E-state index contributed by atoms with van der Waals surface area (Å²) in [5, 5.41) is 5.02. The third-order valence-corrected chi connectivity index (χ3v) is 5.13. The van der Waals surface area contributed by atoms with Crippen LogP contribution in [-0.4, -0.2) is 39.7 Å². The van der Waals surface area contributed by atoms with Crippen molar-refractivity contribution in [3.05, 3.63) is 46.7 Å². The van der Waals surface area contributed by atoms with Crippen molar-refractivity contribution < 1.29 is 4.79 Å². The van der Waals surface area contributed by atoms with Gasteiger partial charge in [-0.3, -0.25) is 4.79 Å². The molecule has 0 saturated carbocycles. The molecule has 3 rings (SSSR count). The van der Waals surface area contributed by atoms with E-state index in [0.29, 0.717) is 23.7 Å². The zero-order chi connectivity index (χ0) is 17.5. The second-order valence-electron chi connectivity index (χ2n) is 7.15. The summed E-state index contributed by atoms with van der Waals surface area (Å²) in [6.07, 6.45) is 2.46. The molecule has 5 nitrogen and oxygen atoms in total. The Labute approximate surface area is 159 Å². The first kappa shape index (κ1) is 19.8. The molecule has 7 heteroatoms. The quantitative estimate of drug-likeness (QED) is 0.864. The zero-order valence-corrected chi connectivity index (χ0v) is 16.3. The molecule has 25 heavy (non-hydrogen) atoms. The Kier molecular flexibility index (Phi) is 5.82. The van der Waals surface area contributed by atoms with Gasteiger partial charge in [-0.1, -0.05) is 31.5 Å².